The maximum Gasteiger partial charge on any atom is 0.246 e. The van der Waals surface area contributed by atoms with Crippen molar-refractivity contribution in [3.63, 3.8) is 0 Å². The minimum Gasteiger partial charge on any atom is -0.489 e. The quantitative estimate of drug-likeness (QED) is 0.380. The number of imidazole rings is 1. The summed E-state index contributed by atoms with van der Waals surface area (Å²) in [5.74, 6) is 1.64. The molecule has 1 amide bonds. The lowest BCUT2D eigenvalue weighted by Crippen LogP contribution is -2.37. The van der Waals surface area contributed by atoms with E-state index in [2.05, 4.69) is 9.97 Å². The Morgan fingerprint density at radius 1 is 1.06 bits per heavy atom. The van der Waals surface area contributed by atoms with Crippen molar-refractivity contribution in [3.8, 4) is 5.75 Å². The van der Waals surface area contributed by atoms with E-state index in [1.807, 2.05) is 65.6 Å². The van der Waals surface area contributed by atoms with Gasteiger partial charge < -0.3 is 14.6 Å². The van der Waals surface area contributed by atoms with E-state index in [-0.39, 0.29) is 17.6 Å². The molecule has 2 heterocycles. The normalized spacial score (nSPS) is 14.7. The number of likely N-dealkylation sites (tertiary alicyclic amines) is 1. The third kappa shape index (κ3) is 5.17. The standard InChI is InChI=1S/C28H26FN3O2/c29-23-9-12-25-26(18-23)31-28(30-25)22-14-16-32(17-15-22)27(33)13-8-20-6-10-24(11-7-20)34-19-21-4-2-1-3-5-21/h1-13,18,22H,14-17,19H2,(H,30,31)/b13-8+. The predicted octanol–water partition coefficient (Wildman–Crippen LogP) is 5.70. The van der Waals surface area contributed by atoms with Gasteiger partial charge in [-0.25, -0.2) is 9.37 Å². The Bertz CT molecular complexity index is 1290. The number of ether oxygens (including phenoxy) is 1. The number of nitrogens with zero attached hydrogens (tertiary/aromatic N) is 2. The van der Waals surface area contributed by atoms with E-state index in [1.54, 1.807) is 12.1 Å². The third-order valence-electron chi connectivity index (χ3n) is 6.20. The Kier molecular flexibility index (Phi) is 6.38. The summed E-state index contributed by atoms with van der Waals surface area (Å²) < 4.78 is 19.3. The smallest absolute Gasteiger partial charge is 0.246 e. The summed E-state index contributed by atoms with van der Waals surface area (Å²) in [6.45, 7) is 1.87. The van der Waals surface area contributed by atoms with Gasteiger partial charge in [-0.15, -0.1) is 0 Å². The third-order valence-corrected chi connectivity index (χ3v) is 6.20. The van der Waals surface area contributed by atoms with Crippen LogP contribution in [-0.4, -0.2) is 33.9 Å². The van der Waals surface area contributed by atoms with Gasteiger partial charge in [0.2, 0.25) is 5.91 Å². The molecule has 0 unspecified atom stereocenters. The molecule has 3 aromatic carbocycles. The number of benzene rings is 3. The van der Waals surface area contributed by atoms with Crippen LogP contribution >= 0.6 is 0 Å². The van der Waals surface area contributed by atoms with E-state index < -0.39 is 0 Å². The minimum absolute atomic E-state index is 0.00883. The topological polar surface area (TPSA) is 58.2 Å². The van der Waals surface area contributed by atoms with Crippen molar-refractivity contribution in [2.24, 2.45) is 0 Å². The number of amides is 1. The van der Waals surface area contributed by atoms with E-state index in [9.17, 15) is 9.18 Å². The minimum atomic E-state index is -0.274. The summed E-state index contributed by atoms with van der Waals surface area (Å²) in [5, 5.41) is 0. The predicted molar refractivity (Wildman–Crippen MR) is 131 cm³/mol. The van der Waals surface area contributed by atoms with Gasteiger partial charge in [-0.3, -0.25) is 4.79 Å². The molecule has 1 aliphatic heterocycles. The van der Waals surface area contributed by atoms with Crippen molar-refractivity contribution in [1.29, 1.82) is 0 Å². The fraction of sp³-hybridized carbons (Fsp3) is 0.214. The van der Waals surface area contributed by atoms with Crippen LogP contribution in [0.2, 0.25) is 0 Å². The SMILES string of the molecule is O=C(/C=C/c1ccc(OCc2ccccc2)cc1)N1CCC(c2nc3ccc(F)cc3[nH]2)CC1. The summed E-state index contributed by atoms with van der Waals surface area (Å²) in [7, 11) is 0. The monoisotopic (exact) mass is 455 g/mol. The fourth-order valence-electron chi connectivity index (χ4n) is 4.26. The lowest BCUT2D eigenvalue weighted by Gasteiger charge is -2.30. The van der Waals surface area contributed by atoms with E-state index in [1.165, 1.54) is 12.1 Å². The first-order valence-electron chi connectivity index (χ1n) is 11.5. The highest BCUT2D eigenvalue weighted by Crippen LogP contribution is 2.28. The second-order valence-corrected chi connectivity index (χ2v) is 8.56. The molecule has 5 nitrogen and oxygen atoms in total. The van der Waals surface area contributed by atoms with Crippen molar-refractivity contribution < 1.29 is 13.9 Å². The van der Waals surface area contributed by atoms with Crippen LogP contribution in [0.4, 0.5) is 4.39 Å². The van der Waals surface area contributed by atoms with Crippen molar-refractivity contribution in [3.05, 3.63) is 102 Å². The molecule has 5 rings (SSSR count). The molecule has 0 spiro atoms. The lowest BCUT2D eigenvalue weighted by molar-refractivity contribution is -0.127. The van der Waals surface area contributed by atoms with Gasteiger partial charge in [0, 0.05) is 25.1 Å². The Balaban J connectivity index is 1.12. The zero-order valence-corrected chi connectivity index (χ0v) is 18.8. The molecule has 0 atom stereocenters. The first-order chi connectivity index (χ1) is 16.6. The molecular weight excluding hydrogens is 429 g/mol. The number of fused-ring (bicyclic) bond motifs is 1. The molecule has 1 fully saturated rings. The van der Waals surface area contributed by atoms with Crippen LogP contribution in [-0.2, 0) is 11.4 Å². The van der Waals surface area contributed by atoms with Gasteiger partial charge in [0.1, 0.15) is 24.0 Å². The summed E-state index contributed by atoms with van der Waals surface area (Å²) in [5.41, 5.74) is 3.56. The van der Waals surface area contributed by atoms with Crippen LogP contribution in [0.25, 0.3) is 17.1 Å². The zero-order valence-electron chi connectivity index (χ0n) is 18.8. The highest BCUT2D eigenvalue weighted by Gasteiger charge is 2.25. The number of nitrogens with one attached hydrogen (secondary N) is 1. The average molecular weight is 456 g/mol. The summed E-state index contributed by atoms with van der Waals surface area (Å²) in [6.07, 6.45) is 5.12. The molecule has 1 aromatic heterocycles. The molecule has 4 aromatic rings. The van der Waals surface area contributed by atoms with E-state index in [0.29, 0.717) is 25.2 Å². The molecule has 0 saturated carbocycles. The first kappa shape index (κ1) is 21.9. The molecule has 0 bridgehead atoms. The molecule has 34 heavy (non-hydrogen) atoms. The second-order valence-electron chi connectivity index (χ2n) is 8.56. The number of aromatic nitrogens is 2. The average Bonchev–Trinajstić information content (AvgIpc) is 3.30. The van der Waals surface area contributed by atoms with Crippen LogP contribution in [0.15, 0.2) is 78.9 Å². The van der Waals surface area contributed by atoms with Gasteiger partial charge in [-0.2, -0.15) is 0 Å². The number of H-pyrrole nitrogens is 1. The van der Waals surface area contributed by atoms with Crippen molar-refractivity contribution in [2.45, 2.75) is 25.4 Å². The van der Waals surface area contributed by atoms with E-state index in [0.717, 1.165) is 41.1 Å². The molecular formula is C28H26FN3O2. The number of rotatable bonds is 6. The highest BCUT2D eigenvalue weighted by atomic mass is 19.1. The number of hydrogen-bond donors (Lipinski definition) is 1. The fourth-order valence-corrected chi connectivity index (χ4v) is 4.26. The lowest BCUT2D eigenvalue weighted by atomic mass is 9.96. The molecule has 0 aliphatic carbocycles. The number of halogens is 1. The summed E-state index contributed by atoms with van der Waals surface area (Å²) >= 11 is 0. The maximum absolute atomic E-state index is 13.4. The van der Waals surface area contributed by atoms with Gasteiger partial charge in [0.05, 0.1) is 11.0 Å². The molecule has 1 saturated heterocycles. The van der Waals surface area contributed by atoms with Crippen LogP contribution in [0.1, 0.15) is 35.7 Å². The van der Waals surface area contributed by atoms with Crippen LogP contribution in [0, 0.1) is 5.82 Å². The van der Waals surface area contributed by atoms with Gasteiger partial charge in [-0.1, -0.05) is 42.5 Å². The Morgan fingerprint density at radius 3 is 2.59 bits per heavy atom. The molecule has 172 valence electrons. The molecule has 0 radical (unpaired) electrons. The number of aromatic amines is 1. The van der Waals surface area contributed by atoms with Crippen LogP contribution in [0.3, 0.4) is 0 Å². The Labute approximate surface area is 197 Å². The van der Waals surface area contributed by atoms with Crippen molar-refractivity contribution in [1.82, 2.24) is 14.9 Å². The van der Waals surface area contributed by atoms with E-state index in [4.69, 9.17) is 4.74 Å². The first-order valence-corrected chi connectivity index (χ1v) is 11.5. The zero-order chi connectivity index (χ0) is 23.3. The maximum atomic E-state index is 13.4. The van der Waals surface area contributed by atoms with E-state index >= 15 is 0 Å². The molecule has 1 aliphatic rings. The van der Waals surface area contributed by atoms with Crippen LogP contribution in [0.5, 0.6) is 5.75 Å². The van der Waals surface area contributed by atoms with Gasteiger partial charge >= 0.3 is 0 Å². The number of hydrogen-bond acceptors (Lipinski definition) is 3. The molecule has 6 heteroatoms. The number of piperidine rings is 1. The Morgan fingerprint density at radius 2 is 1.82 bits per heavy atom. The molecule has 1 N–H and O–H groups in total. The summed E-state index contributed by atoms with van der Waals surface area (Å²) in [6, 6.07) is 22.3. The second kappa shape index (κ2) is 9.91. The number of carbonyl (C=O) groups is 1. The van der Waals surface area contributed by atoms with Gasteiger partial charge in [-0.05, 0) is 60.4 Å². The van der Waals surface area contributed by atoms with Crippen molar-refractivity contribution in [2.75, 3.05) is 13.1 Å². The summed E-state index contributed by atoms with van der Waals surface area (Å²) in [4.78, 5) is 22.4. The number of carbonyl (C=O) groups excluding carboxylic acids is 1. The van der Waals surface area contributed by atoms with Gasteiger partial charge in [0.25, 0.3) is 0 Å². The van der Waals surface area contributed by atoms with Crippen molar-refractivity contribution >= 4 is 23.0 Å². The van der Waals surface area contributed by atoms with Gasteiger partial charge in [0.15, 0.2) is 0 Å². The van der Waals surface area contributed by atoms with Crippen LogP contribution < -0.4 is 4.74 Å². The largest absolute Gasteiger partial charge is 0.489 e. The Hall–Kier alpha value is -3.93. The highest BCUT2D eigenvalue weighted by molar-refractivity contribution is 5.91.